The summed E-state index contributed by atoms with van der Waals surface area (Å²) in [4.78, 5) is 35.2. The summed E-state index contributed by atoms with van der Waals surface area (Å²) < 4.78 is 47.3. The summed E-state index contributed by atoms with van der Waals surface area (Å²) in [7, 11) is 0. The number of amides is 1. The zero-order valence-electron chi connectivity index (χ0n) is 15.5. The lowest BCUT2D eigenvalue weighted by molar-refractivity contribution is -0.193. The van der Waals surface area contributed by atoms with Gasteiger partial charge in [0.2, 0.25) is 23.2 Å². The Morgan fingerprint density at radius 3 is 2.77 bits per heavy atom. The summed E-state index contributed by atoms with van der Waals surface area (Å²) in [6.45, 7) is -0.731. The number of likely N-dealkylation sites (tertiary alicyclic amines) is 1. The molecule has 0 aromatic carbocycles. The van der Waals surface area contributed by atoms with Crippen LogP contribution < -0.4 is 5.56 Å². The van der Waals surface area contributed by atoms with Crippen molar-refractivity contribution in [3.05, 3.63) is 64.5 Å². The normalized spacial score (nSPS) is 19.2. The van der Waals surface area contributed by atoms with E-state index in [9.17, 15) is 22.8 Å². The SMILES string of the molecule is O=C(Cc1ccc(=O)[nH]c1)N1CCC(c2nc(-c3ccccn3)no2)(C(F)(F)F)C1. The van der Waals surface area contributed by atoms with E-state index in [2.05, 4.69) is 20.1 Å². The molecule has 3 aromatic heterocycles. The molecule has 3 aromatic rings. The number of hydrogen-bond acceptors (Lipinski definition) is 6. The van der Waals surface area contributed by atoms with Crippen LogP contribution in [0.3, 0.4) is 0 Å². The van der Waals surface area contributed by atoms with Gasteiger partial charge in [-0.05, 0) is 24.1 Å². The molecule has 1 unspecified atom stereocenters. The van der Waals surface area contributed by atoms with Crippen LogP contribution in [0.15, 0.2) is 52.0 Å². The molecule has 156 valence electrons. The van der Waals surface area contributed by atoms with Crippen molar-refractivity contribution in [2.75, 3.05) is 13.1 Å². The van der Waals surface area contributed by atoms with Crippen molar-refractivity contribution in [1.82, 2.24) is 25.0 Å². The van der Waals surface area contributed by atoms with Gasteiger partial charge >= 0.3 is 6.18 Å². The van der Waals surface area contributed by atoms with E-state index in [0.29, 0.717) is 5.56 Å². The van der Waals surface area contributed by atoms with Crippen molar-refractivity contribution < 1.29 is 22.5 Å². The molecule has 4 heterocycles. The van der Waals surface area contributed by atoms with E-state index in [4.69, 9.17) is 4.52 Å². The highest BCUT2D eigenvalue weighted by Gasteiger charge is 2.63. The highest BCUT2D eigenvalue weighted by Crippen LogP contribution is 2.47. The van der Waals surface area contributed by atoms with Crippen LogP contribution in [-0.4, -0.2) is 50.2 Å². The average Bonchev–Trinajstić information content (AvgIpc) is 3.38. The monoisotopic (exact) mass is 419 g/mol. The lowest BCUT2D eigenvalue weighted by Crippen LogP contribution is -2.46. The Labute approximate surface area is 167 Å². The molecule has 1 amide bonds. The molecule has 1 saturated heterocycles. The standard InChI is InChI=1S/C19H16F3N5O3/c20-19(21,22)18(17-25-16(26-30-17)13-3-1-2-7-23-13)6-8-27(11-18)15(29)9-12-4-5-14(28)24-10-12/h1-5,7,10H,6,8-9,11H2,(H,24,28). The summed E-state index contributed by atoms with van der Waals surface area (Å²) in [5.41, 5.74) is -2.00. The summed E-state index contributed by atoms with van der Waals surface area (Å²) in [6, 6.07) is 7.59. The summed E-state index contributed by atoms with van der Waals surface area (Å²) in [5, 5.41) is 3.65. The van der Waals surface area contributed by atoms with E-state index >= 15 is 0 Å². The van der Waals surface area contributed by atoms with Gasteiger partial charge in [0.05, 0.1) is 6.42 Å². The van der Waals surface area contributed by atoms with Crippen molar-refractivity contribution in [1.29, 1.82) is 0 Å². The molecule has 4 rings (SSSR count). The van der Waals surface area contributed by atoms with Gasteiger partial charge < -0.3 is 14.4 Å². The van der Waals surface area contributed by atoms with Gasteiger partial charge in [-0.2, -0.15) is 18.2 Å². The third-order valence-electron chi connectivity index (χ3n) is 5.10. The molecule has 1 aliphatic rings. The molecule has 0 bridgehead atoms. The Morgan fingerprint density at radius 2 is 2.10 bits per heavy atom. The van der Waals surface area contributed by atoms with Crippen LogP contribution in [0.5, 0.6) is 0 Å². The van der Waals surface area contributed by atoms with Crippen molar-refractivity contribution in [3.63, 3.8) is 0 Å². The fraction of sp³-hybridized carbons (Fsp3) is 0.316. The number of hydrogen-bond donors (Lipinski definition) is 1. The van der Waals surface area contributed by atoms with E-state index in [1.165, 1.54) is 24.5 Å². The number of pyridine rings is 2. The molecule has 0 spiro atoms. The minimum Gasteiger partial charge on any atom is -0.341 e. The van der Waals surface area contributed by atoms with Crippen LogP contribution in [0.25, 0.3) is 11.5 Å². The predicted molar refractivity (Wildman–Crippen MR) is 97.2 cm³/mol. The number of carbonyl (C=O) groups excluding carboxylic acids is 1. The van der Waals surface area contributed by atoms with Gasteiger partial charge in [0.25, 0.3) is 0 Å². The van der Waals surface area contributed by atoms with Crippen molar-refractivity contribution >= 4 is 5.91 Å². The second kappa shape index (κ2) is 7.39. The second-order valence-electron chi connectivity index (χ2n) is 7.02. The number of aromatic amines is 1. The molecule has 30 heavy (non-hydrogen) atoms. The average molecular weight is 419 g/mol. The Bertz CT molecular complexity index is 1090. The lowest BCUT2D eigenvalue weighted by Gasteiger charge is -2.28. The summed E-state index contributed by atoms with van der Waals surface area (Å²) in [6.07, 6.45) is -2.39. The molecule has 8 nitrogen and oxygen atoms in total. The molecule has 1 atom stereocenters. The Balaban J connectivity index is 1.58. The number of halogens is 3. The number of aromatic nitrogens is 4. The maximum Gasteiger partial charge on any atom is 0.405 e. The van der Waals surface area contributed by atoms with Crippen LogP contribution in [0.2, 0.25) is 0 Å². The van der Waals surface area contributed by atoms with Crippen molar-refractivity contribution in [2.45, 2.75) is 24.4 Å². The zero-order chi connectivity index (χ0) is 21.4. The summed E-state index contributed by atoms with van der Waals surface area (Å²) >= 11 is 0. The van der Waals surface area contributed by atoms with E-state index in [-0.39, 0.29) is 30.0 Å². The maximum atomic E-state index is 14.1. The zero-order valence-corrected chi connectivity index (χ0v) is 15.5. The second-order valence-corrected chi connectivity index (χ2v) is 7.02. The molecule has 1 N–H and O–H groups in total. The van der Waals surface area contributed by atoms with Crippen molar-refractivity contribution in [3.8, 4) is 11.5 Å². The number of nitrogens with zero attached hydrogens (tertiary/aromatic N) is 4. The Morgan fingerprint density at radius 1 is 1.27 bits per heavy atom. The molecule has 0 radical (unpaired) electrons. The van der Waals surface area contributed by atoms with Crippen LogP contribution in [0.1, 0.15) is 17.9 Å². The number of nitrogens with one attached hydrogen (secondary N) is 1. The molecule has 11 heteroatoms. The predicted octanol–water partition coefficient (Wildman–Crippen LogP) is 2.09. The van der Waals surface area contributed by atoms with Gasteiger partial charge in [-0.25, -0.2) is 0 Å². The maximum absolute atomic E-state index is 14.1. The van der Waals surface area contributed by atoms with E-state index < -0.39 is 36.4 Å². The quantitative estimate of drug-likeness (QED) is 0.694. The molecule has 1 aliphatic heterocycles. The largest absolute Gasteiger partial charge is 0.405 e. The third-order valence-corrected chi connectivity index (χ3v) is 5.10. The highest BCUT2D eigenvalue weighted by molar-refractivity contribution is 5.79. The van der Waals surface area contributed by atoms with Gasteiger partial charge in [-0.15, -0.1) is 0 Å². The molecule has 0 saturated carbocycles. The molecular formula is C19H16F3N5O3. The number of carbonyl (C=O) groups is 1. The van der Waals surface area contributed by atoms with E-state index in [0.717, 1.165) is 4.90 Å². The minimum absolute atomic E-state index is 0.0489. The van der Waals surface area contributed by atoms with Gasteiger partial charge in [-0.1, -0.05) is 17.3 Å². The first-order valence-corrected chi connectivity index (χ1v) is 9.06. The van der Waals surface area contributed by atoms with E-state index in [1.54, 1.807) is 18.2 Å². The van der Waals surface area contributed by atoms with Gasteiger partial charge in [0, 0.05) is 31.5 Å². The molecule has 0 aliphatic carbocycles. The van der Waals surface area contributed by atoms with Crippen LogP contribution in [0.4, 0.5) is 13.2 Å². The number of alkyl halides is 3. The van der Waals surface area contributed by atoms with Gasteiger partial charge in [0.15, 0.2) is 5.41 Å². The highest BCUT2D eigenvalue weighted by atomic mass is 19.4. The van der Waals surface area contributed by atoms with E-state index in [1.807, 2.05) is 0 Å². The van der Waals surface area contributed by atoms with Crippen LogP contribution >= 0.6 is 0 Å². The molecule has 1 fully saturated rings. The fourth-order valence-electron chi connectivity index (χ4n) is 3.41. The number of H-pyrrole nitrogens is 1. The number of rotatable bonds is 4. The van der Waals surface area contributed by atoms with Crippen LogP contribution in [-0.2, 0) is 16.6 Å². The fourth-order valence-corrected chi connectivity index (χ4v) is 3.41. The first kappa shape index (κ1) is 19.8. The lowest BCUT2D eigenvalue weighted by atomic mass is 9.86. The topological polar surface area (TPSA) is 105 Å². The third kappa shape index (κ3) is 3.58. The van der Waals surface area contributed by atoms with Gasteiger partial charge in [-0.3, -0.25) is 14.6 Å². The minimum atomic E-state index is -4.70. The first-order valence-electron chi connectivity index (χ1n) is 9.06. The first-order chi connectivity index (χ1) is 14.3. The van der Waals surface area contributed by atoms with Crippen molar-refractivity contribution in [2.24, 2.45) is 0 Å². The smallest absolute Gasteiger partial charge is 0.341 e. The van der Waals surface area contributed by atoms with Gasteiger partial charge in [0.1, 0.15) is 5.69 Å². The summed E-state index contributed by atoms with van der Waals surface area (Å²) in [5.74, 6) is -1.13. The Hall–Kier alpha value is -3.50. The van der Waals surface area contributed by atoms with Crippen LogP contribution in [0, 0.1) is 0 Å². The molecular weight excluding hydrogens is 403 g/mol. The Kier molecular flexibility index (Phi) is 4.88.